The van der Waals surface area contributed by atoms with E-state index in [1.807, 2.05) is 0 Å². The lowest BCUT2D eigenvalue weighted by molar-refractivity contribution is 0.103. The zero-order valence-electron chi connectivity index (χ0n) is 11.7. The smallest absolute Gasteiger partial charge is 0.0664 e. The summed E-state index contributed by atoms with van der Waals surface area (Å²) >= 11 is 0. The molecule has 2 heteroatoms. The fourth-order valence-electron chi connectivity index (χ4n) is 3.15. The molecule has 100 valence electrons. The van der Waals surface area contributed by atoms with Crippen LogP contribution in [0.15, 0.2) is 24.3 Å². The Morgan fingerprint density at radius 3 is 2.67 bits per heavy atom. The minimum Gasteiger partial charge on any atom is -0.394 e. The molecular weight excluding hydrogens is 222 g/mol. The van der Waals surface area contributed by atoms with Crippen molar-refractivity contribution in [2.24, 2.45) is 11.8 Å². The monoisotopic (exact) mass is 247 g/mol. The minimum atomic E-state index is -0.149. The van der Waals surface area contributed by atoms with E-state index >= 15 is 0 Å². The average molecular weight is 247 g/mol. The molecule has 0 amide bonds. The second-order valence-electron chi connectivity index (χ2n) is 6.04. The number of aryl methyl sites for hydroxylation is 1. The molecule has 1 aliphatic rings. The molecular formula is C16H25NO. The van der Waals surface area contributed by atoms with Crippen LogP contribution in [0.1, 0.15) is 38.7 Å². The molecule has 1 aromatic rings. The number of nitrogens with one attached hydrogen (secondary N) is 1. The van der Waals surface area contributed by atoms with Gasteiger partial charge in [-0.05, 0) is 43.2 Å². The molecule has 0 spiro atoms. The van der Waals surface area contributed by atoms with Crippen LogP contribution < -0.4 is 5.32 Å². The number of para-hydroxylation sites is 1. The number of aliphatic hydroxyl groups excluding tert-OH is 1. The van der Waals surface area contributed by atoms with Crippen molar-refractivity contribution in [3.63, 3.8) is 0 Å². The van der Waals surface area contributed by atoms with Crippen LogP contribution in [0.4, 0.5) is 5.69 Å². The number of hydrogen-bond donors (Lipinski definition) is 2. The molecule has 0 radical (unpaired) electrons. The van der Waals surface area contributed by atoms with E-state index in [1.54, 1.807) is 0 Å². The first-order valence-electron chi connectivity index (χ1n) is 7.02. The van der Waals surface area contributed by atoms with Gasteiger partial charge in [-0.3, -0.25) is 0 Å². The fourth-order valence-corrected chi connectivity index (χ4v) is 3.15. The van der Waals surface area contributed by atoms with E-state index in [0.29, 0.717) is 11.8 Å². The predicted molar refractivity (Wildman–Crippen MR) is 76.8 cm³/mol. The Morgan fingerprint density at radius 2 is 2.00 bits per heavy atom. The van der Waals surface area contributed by atoms with Gasteiger partial charge in [-0.2, -0.15) is 0 Å². The highest BCUT2D eigenvalue weighted by atomic mass is 16.3. The summed E-state index contributed by atoms with van der Waals surface area (Å²) in [6.07, 6.45) is 3.53. The lowest BCUT2D eigenvalue weighted by atomic mass is 9.70. The average Bonchev–Trinajstić information content (AvgIpc) is 2.36. The van der Waals surface area contributed by atoms with E-state index in [1.165, 1.54) is 18.4 Å². The molecule has 0 aromatic heterocycles. The van der Waals surface area contributed by atoms with Crippen LogP contribution in [0.3, 0.4) is 0 Å². The van der Waals surface area contributed by atoms with Crippen LogP contribution in [0.25, 0.3) is 0 Å². The lowest BCUT2D eigenvalue weighted by Gasteiger charge is -2.45. The number of hydrogen-bond acceptors (Lipinski definition) is 2. The summed E-state index contributed by atoms with van der Waals surface area (Å²) in [7, 11) is 0. The number of anilines is 1. The molecule has 0 aliphatic heterocycles. The lowest BCUT2D eigenvalue weighted by Crippen LogP contribution is -2.51. The van der Waals surface area contributed by atoms with Crippen molar-refractivity contribution in [2.75, 3.05) is 11.9 Å². The van der Waals surface area contributed by atoms with Gasteiger partial charge in [0, 0.05) is 5.69 Å². The van der Waals surface area contributed by atoms with Crippen LogP contribution in [-0.4, -0.2) is 17.3 Å². The Hall–Kier alpha value is -1.02. The molecule has 1 fully saturated rings. The van der Waals surface area contributed by atoms with E-state index in [-0.39, 0.29) is 12.1 Å². The molecule has 1 aliphatic carbocycles. The molecule has 0 heterocycles. The maximum atomic E-state index is 9.92. The van der Waals surface area contributed by atoms with E-state index in [0.717, 1.165) is 12.1 Å². The van der Waals surface area contributed by atoms with Gasteiger partial charge in [0.2, 0.25) is 0 Å². The molecule has 0 saturated heterocycles. The summed E-state index contributed by atoms with van der Waals surface area (Å²) < 4.78 is 0. The molecule has 3 unspecified atom stereocenters. The van der Waals surface area contributed by atoms with Gasteiger partial charge >= 0.3 is 0 Å². The van der Waals surface area contributed by atoms with Crippen molar-refractivity contribution in [1.29, 1.82) is 0 Å². The first-order chi connectivity index (χ1) is 8.57. The summed E-state index contributed by atoms with van der Waals surface area (Å²) in [4.78, 5) is 0. The number of aliphatic hydroxyl groups is 1. The maximum Gasteiger partial charge on any atom is 0.0664 e. The zero-order valence-corrected chi connectivity index (χ0v) is 11.7. The largest absolute Gasteiger partial charge is 0.394 e. The Balaban J connectivity index is 2.24. The van der Waals surface area contributed by atoms with Crippen molar-refractivity contribution < 1.29 is 5.11 Å². The standard InChI is InChI=1S/C16H25NO/c1-12-8-9-14(3)16(10-12,11-18)17-15-7-5-4-6-13(15)2/h4-7,12,14,17-18H,8-11H2,1-3H3. The Kier molecular flexibility index (Phi) is 3.96. The predicted octanol–water partition coefficient (Wildman–Crippen LogP) is 3.59. The van der Waals surface area contributed by atoms with Gasteiger partial charge in [-0.15, -0.1) is 0 Å². The van der Waals surface area contributed by atoms with Gasteiger partial charge < -0.3 is 10.4 Å². The van der Waals surface area contributed by atoms with E-state index in [2.05, 4.69) is 50.4 Å². The Morgan fingerprint density at radius 1 is 1.28 bits per heavy atom. The summed E-state index contributed by atoms with van der Waals surface area (Å²) in [5, 5.41) is 13.6. The second-order valence-corrected chi connectivity index (χ2v) is 6.04. The molecule has 1 saturated carbocycles. The molecule has 3 atom stereocenters. The second kappa shape index (κ2) is 5.31. The van der Waals surface area contributed by atoms with Crippen molar-refractivity contribution in [3.8, 4) is 0 Å². The highest BCUT2D eigenvalue weighted by Gasteiger charge is 2.40. The van der Waals surface area contributed by atoms with Crippen LogP contribution in [-0.2, 0) is 0 Å². The maximum absolute atomic E-state index is 9.92. The Labute approximate surface area is 110 Å². The van der Waals surface area contributed by atoms with Crippen LogP contribution in [0, 0.1) is 18.8 Å². The van der Waals surface area contributed by atoms with Crippen molar-refractivity contribution in [3.05, 3.63) is 29.8 Å². The first kappa shape index (κ1) is 13.4. The summed E-state index contributed by atoms with van der Waals surface area (Å²) in [5.41, 5.74) is 2.26. The molecule has 0 bridgehead atoms. The first-order valence-corrected chi connectivity index (χ1v) is 7.02. The van der Waals surface area contributed by atoms with Gasteiger partial charge in [-0.1, -0.05) is 38.5 Å². The minimum absolute atomic E-state index is 0.149. The third-order valence-electron chi connectivity index (χ3n) is 4.56. The van der Waals surface area contributed by atoms with E-state index in [4.69, 9.17) is 0 Å². The quantitative estimate of drug-likeness (QED) is 0.855. The normalized spacial score (nSPS) is 32.2. The van der Waals surface area contributed by atoms with Gasteiger partial charge in [0.25, 0.3) is 0 Å². The van der Waals surface area contributed by atoms with E-state index < -0.39 is 0 Å². The van der Waals surface area contributed by atoms with Gasteiger partial charge in [-0.25, -0.2) is 0 Å². The van der Waals surface area contributed by atoms with Crippen LogP contribution in [0.5, 0.6) is 0 Å². The third-order valence-corrected chi connectivity index (χ3v) is 4.56. The van der Waals surface area contributed by atoms with Crippen LogP contribution in [0.2, 0.25) is 0 Å². The molecule has 18 heavy (non-hydrogen) atoms. The zero-order chi connectivity index (χ0) is 13.2. The third kappa shape index (κ3) is 2.54. The molecule has 2 N–H and O–H groups in total. The van der Waals surface area contributed by atoms with Gasteiger partial charge in [0.05, 0.1) is 12.1 Å². The number of rotatable bonds is 3. The summed E-state index contributed by atoms with van der Waals surface area (Å²) in [6, 6.07) is 8.33. The summed E-state index contributed by atoms with van der Waals surface area (Å²) in [5.74, 6) is 1.20. The molecule has 2 rings (SSSR count). The highest BCUT2D eigenvalue weighted by Crippen LogP contribution is 2.39. The topological polar surface area (TPSA) is 32.3 Å². The van der Waals surface area contributed by atoms with Crippen LogP contribution >= 0.6 is 0 Å². The SMILES string of the molecule is Cc1ccccc1NC1(CO)CC(C)CCC1C. The van der Waals surface area contributed by atoms with Crippen molar-refractivity contribution in [2.45, 2.75) is 45.6 Å². The summed E-state index contributed by atoms with van der Waals surface area (Å²) in [6.45, 7) is 6.88. The highest BCUT2D eigenvalue weighted by molar-refractivity contribution is 5.52. The number of benzene rings is 1. The van der Waals surface area contributed by atoms with Gasteiger partial charge in [0.1, 0.15) is 0 Å². The van der Waals surface area contributed by atoms with Crippen molar-refractivity contribution >= 4 is 5.69 Å². The fraction of sp³-hybridized carbons (Fsp3) is 0.625. The van der Waals surface area contributed by atoms with E-state index in [9.17, 15) is 5.11 Å². The molecule has 1 aromatic carbocycles. The van der Waals surface area contributed by atoms with Gasteiger partial charge in [0.15, 0.2) is 0 Å². The molecule has 2 nitrogen and oxygen atoms in total. The van der Waals surface area contributed by atoms with Crippen molar-refractivity contribution in [1.82, 2.24) is 0 Å². The Bertz CT molecular complexity index is 404.